The van der Waals surface area contributed by atoms with E-state index in [1.807, 2.05) is 12.1 Å². The largest absolute Gasteiger partial charge is 0.459 e. The first-order valence-electron chi connectivity index (χ1n) is 8.89. The first-order valence-corrected chi connectivity index (χ1v) is 8.89. The highest BCUT2D eigenvalue weighted by Gasteiger charge is 2.24. The zero-order valence-electron chi connectivity index (χ0n) is 16.0. The number of ether oxygens (including phenoxy) is 2. The van der Waals surface area contributed by atoms with Crippen LogP contribution in [-0.2, 0) is 14.3 Å². The molecular formula is C24H26O3. The Labute approximate surface area is 161 Å². The molecule has 3 rings (SSSR count). The van der Waals surface area contributed by atoms with Crippen molar-refractivity contribution in [2.75, 3.05) is 13.2 Å². The molecule has 1 unspecified atom stereocenters. The van der Waals surface area contributed by atoms with E-state index in [-0.39, 0.29) is 12.1 Å². The Hall–Kier alpha value is -2.91. The van der Waals surface area contributed by atoms with E-state index in [0.29, 0.717) is 18.8 Å². The maximum atomic E-state index is 10.7. The molecule has 140 valence electrons. The molecule has 0 bridgehead atoms. The molecule has 1 atom stereocenters. The number of hydrogen-bond donors (Lipinski definition) is 0. The summed E-state index contributed by atoms with van der Waals surface area (Å²) in [4.78, 5) is 10.7. The van der Waals surface area contributed by atoms with Gasteiger partial charge in [-0.25, -0.2) is 4.79 Å². The number of rotatable bonds is 6. The molecule has 0 aliphatic carbocycles. The Morgan fingerprint density at radius 2 is 1.78 bits per heavy atom. The smallest absolute Gasteiger partial charge is 0.333 e. The minimum absolute atomic E-state index is 0.142. The molecule has 2 aromatic carbocycles. The lowest BCUT2D eigenvalue weighted by Crippen LogP contribution is -2.09. The quantitative estimate of drug-likeness (QED) is 0.302. The Kier molecular flexibility index (Phi) is 7.78. The third-order valence-corrected chi connectivity index (χ3v) is 3.84. The lowest BCUT2D eigenvalue weighted by Gasteiger charge is -1.99. The molecule has 27 heavy (non-hydrogen) atoms. The first-order chi connectivity index (χ1) is 13.0. The Balaban J connectivity index is 0.000000223. The van der Waals surface area contributed by atoms with E-state index in [1.165, 1.54) is 16.7 Å². The van der Waals surface area contributed by atoms with Gasteiger partial charge in [0.05, 0.1) is 6.61 Å². The van der Waals surface area contributed by atoms with Crippen molar-refractivity contribution in [1.29, 1.82) is 0 Å². The molecular weight excluding hydrogens is 336 g/mol. The summed E-state index contributed by atoms with van der Waals surface area (Å²) in [6.45, 7) is 12.0. The summed E-state index contributed by atoms with van der Waals surface area (Å²) in [5.74, 6) is -0.337. The van der Waals surface area contributed by atoms with E-state index in [1.54, 1.807) is 6.92 Å². The van der Waals surface area contributed by atoms with Crippen molar-refractivity contribution in [2.24, 2.45) is 0 Å². The standard InChI is InChI=1S/C17H16.C7H10O3/c1-3-15-5-4-6-17(13-15)12-11-16-9-7-14(2)8-10-16;1-5(2)7(8)10-4-6-3-9-6/h3-13H,1H2,2H3;6H,1,3-4H2,2H3. The molecule has 1 fully saturated rings. The monoisotopic (exact) mass is 362 g/mol. The van der Waals surface area contributed by atoms with Crippen LogP contribution < -0.4 is 0 Å². The zero-order chi connectivity index (χ0) is 19.6. The van der Waals surface area contributed by atoms with Gasteiger partial charge < -0.3 is 9.47 Å². The molecule has 0 saturated carbocycles. The van der Waals surface area contributed by atoms with Crippen LogP contribution in [0.2, 0.25) is 0 Å². The minimum atomic E-state index is -0.337. The van der Waals surface area contributed by atoms with E-state index in [9.17, 15) is 4.79 Å². The normalized spacial score (nSPS) is 14.8. The summed E-state index contributed by atoms with van der Waals surface area (Å²) in [6.07, 6.45) is 6.26. The lowest BCUT2D eigenvalue weighted by atomic mass is 10.1. The molecule has 0 N–H and O–H groups in total. The maximum absolute atomic E-state index is 10.7. The topological polar surface area (TPSA) is 38.8 Å². The number of esters is 1. The van der Waals surface area contributed by atoms with Crippen LogP contribution in [0.3, 0.4) is 0 Å². The number of aryl methyl sites for hydroxylation is 1. The highest BCUT2D eigenvalue weighted by Crippen LogP contribution is 2.12. The van der Waals surface area contributed by atoms with Crippen molar-refractivity contribution in [3.05, 3.63) is 89.5 Å². The van der Waals surface area contributed by atoms with Crippen LogP contribution in [0.5, 0.6) is 0 Å². The van der Waals surface area contributed by atoms with E-state index in [0.717, 1.165) is 5.56 Å². The van der Waals surface area contributed by atoms with Crippen molar-refractivity contribution in [1.82, 2.24) is 0 Å². The Morgan fingerprint density at radius 3 is 2.37 bits per heavy atom. The third kappa shape index (κ3) is 7.89. The molecule has 0 aromatic heterocycles. The van der Waals surface area contributed by atoms with Gasteiger partial charge in [-0.05, 0) is 36.6 Å². The van der Waals surface area contributed by atoms with Crippen molar-refractivity contribution in [2.45, 2.75) is 20.0 Å². The summed E-state index contributed by atoms with van der Waals surface area (Å²) < 4.78 is 9.60. The highest BCUT2D eigenvalue weighted by molar-refractivity contribution is 5.86. The van der Waals surface area contributed by atoms with E-state index in [2.05, 4.69) is 74.7 Å². The lowest BCUT2D eigenvalue weighted by molar-refractivity contribution is -0.139. The van der Waals surface area contributed by atoms with Gasteiger partial charge in [0.15, 0.2) is 0 Å². The second-order valence-electron chi connectivity index (χ2n) is 6.45. The average Bonchev–Trinajstić information content (AvgIpc) is 3.51. The second-order valence-corrected chi connectivity index (χ2v) is 6.45. The van der Waals surface area contributed by atoms with Crippen molar-refractivity contribution >= 4 is 24.2 Å². The van der Waals surface area contributed by atoms with Crippen molar-refractivity contribution in [3.63, 3.8) is 0 Å². The van der Waals surface area contributed by atoms with E-state index in [4.69, 9.17) is 9.47 Å². The number of epoxide rings is 1. The molecule has 0 amide bonds. The van der Waals surface area contributed by atoms with E-state index < -0.39 is 0 Å². The molecule has 1 saturated heterocycles. The maximum Gasteiger partial charge on any atom is 0.333 e. The predicted octanol–water partition coefficient (Wildman–Crippen LogP) is 5.31. The van der Waals surface area contributed by atoms with Gasteiger partial charge in [0, 0.05) is 5.57 Å². The number of carbonyl (C=O) groups is 1. The van der Waals surface area contributed by atoms with Crippen LogP contribution in [-0.4, -0.2) is 25.3 Å². The fourth-order valence-corrected chi connectivity index (χ4v) is 2.12. The molecule has 3 heteroatoms. The molecule has 1 heterocycles. The van der Waals surface area contributed by atoms with Crippen LogP contribution in [0.1, 0.15) is 29.2 Å². The third-order valence-electron chi connectivity index (χ3n) is 3.84. The molecule has 3 nitrogen and oxygen atoms in total. The Bertz CT molecular complexity index is 812. The van der Waals surface area contributed by atoms with Crippen LogP contribution in [0, 0.1) is 6.92 Å². The summed E-state index contributed by atoms with van der Waals surface area (Å²) >= 11 is 0. The minimum Gasteiger partial charge on any atom is -0.459 e. The summed E-state index contributed by atoms with van der Waals surface area (Å²) in [6, 6.07) is 16.8. The first kappa shape index (κ1) is 20.4. The zero-order valence-corrected chi connectivity index (χ0v) is 16.0. The second kappa shape index (κ2) is 10.3. The van der Waals surface area contributed by atoms with Gasteiger partial charge in [0.1, 0.15) is 12.7 Å². The van der Waals surface area contributed by atoms with Crippen molar-refractivity contribution < 1.29 is 14.3 Å². The summed E-state index contributed by atoms with van der Waals surface area (Å²) in [5.41, 5.74) is 5.29. The average molecular weight is 362 g/mol. The van der Waals surface area contributed by atoms with Gasteiger partial charge in [-0.2, -0.15) is 0 Å². The van der Waals surface area contributed by atoms with Crippen LogP contribution in [0.25, 0.3) is 18.2 Å². The number of benzene rings is 2. The SMILES string of the molecule is C=C(C)C(=O)OCC1CO1.C=Cc1cccc(C=Cc2ccc(C)cc2)c1. The fraction of sp³-hybridized carbons (Fsp3) is 0.208. The fourth-order valence-electron chi connectivity index (χ4n) is 2.12. The molecule has 2 aromatic rings. The van der Waals surface area contributed by atoms with Crippen LogP contribution in [0.4, 0.5) is 0 Å². The predicted molar refractivity (Wildman–Crippen MR) is 112 cm³/mol. The van der Waals surface area contributed by atoms with E-state index >= 15 is 0 Å². The highest BCUT2D eigenvalue weighted by atomic mass is 16.6. The number of carbonyl (C=O) groups excluding carboxylic acids is 1. The molecule has 1 aliphatic heterocycles. The van der Waals surface area contributed by atoms with Crippen LogP contribution >= 0.6 is 0 Å². The molecule has 0 spiro atoms. The van der Waals surface area contributed by atoms with Gasteiger partial charge >= 0.3 is 5.97 Å². The Morgan fingerprint density at radius 1 is 1.15 bits per heavy atom. The van der Waals surface area contributed by atoms with Gasteiger partial charge in [-0.15, -0.1) is 0 Å². The van der Waals surface area contributed by atoms with Gasteiger partial charge in [-0.1, -0.05) is 79.4 Å². The van der Waals surface area contributed by atoms with Crippen molar-refractivity contribution in [3.8, 4) is 0 Å². The number of hydrogen-bond acceptors (Lipinski definition) is 3. The summed E-state index contributed by atoms with van der Waals surface area (Å²) in [7, 11) is 0. The molecule has 0 radical (unpaired) electrons. The molecule has 1 aliphatic rings. The van der Waals surface area contributed by atoms with Gasteiger partial charge in [-0.3, -0.25) is 0 Å². The van der Waals surface area contributed by atoms with Gasteiger partial charge in [0.25, 0.3) is 0 Å². The van der Waals surface area contributed by atoms with Gasteiger partial charge in [0.2, 0.25) is 0 Å². The summed E-state index contributed by atoms with van der Waals surface area (Å²) in [5, 5.41) is 0. The van der Waals surface area contributed by atoms with Crippen LogP contribution in [0.15, 0.2) is 67.3 Å².